The summed E-state index contributed by atoms with van der Waals surface area (Å²) < 4.78 is 20.6. The Labute approximate surface area is 128 Å². The number of para-hydroxylation sites is 1. The molecule has 0 aliphatic rings. The van der Waals surface area contributed by atoms with Crippen molar-refractivity contribution in [2.24, 2.45) is 0 Å². The van der Waals surface area contributed by atoms with Crippen LogP contribution in [-0.4, -0.2) is 13.2 Å². The zero-order valence-electron chi connectivity index (χ0n) is 10.00. The number of ether oxygens (including phenoxy) is 1. The third-order valence-electron chi connectivity index (χ3n) is 2.44. The SMILES string of the molecule is Fc1cc(Br)ccc1OCCNc1ccccc1Br. The van der Waals surface area contributed by atoms with Crippen molar-refractivity contribution >= 4 is 37.5 Å². The fraction of sp³-hybridized carbons (Fsp3) is 0.143. The van der Waals surface area contributed by atoms with Crippen molar-refractivity contribution in [3.8, 4) is 5.75 Å². The van der Waals surface area contributed by atoms with Crippen LogP contribution in [-0.2, 0) is 0 Å². The monoisotopic (exact) mass is 387 g/mol. The van der Waals surface area contributed by atoms with Crippen LogP contribution in [0.25, 0.3) is 0 Å². The summed E-state index contributed by atoms with van der Waals surface area (Å²) in [6.45, 7) is 0.984. The maximum absolute atomic E-state index is 13.5. The van der Waals surface area contributed by atoms with E-state index < -0.39 is 0 Å². The second kappa shape index (κ2) is 6.91. The molecule has 0 radical (unpaired) electrons. The average Bonchev–Trinajstić information content (AvgIpc) is 2.38. The van der Waals surface area contributed by atoms with E-state index in [9.17, 15) is 4.39 Å². The minimum Gasteiger partial charge on any atom is -0.489 e. The Bertz CT molecular complexity index is 563. The van der Waals surface area contributed by atoms with Crippen molar-refractivity contribution in [2.45, 2.75) is 0 Å². The first-order valence-corrected chi connectivity index (χ1v) is 7.31. The largest absolute Gasteiger partial charge is 0.489 e. The summed E-state index contributed by atoms with van der Waals surface area (Å²) in [5, 5.41) is 3.21. The van der Waals surface area contributed by atoms with Crippen molar-refractivity contribution in [3.05, 3.63) is 57.2 Å². The van der Waals surface area contributed by atoms with Gasteiger partial charge in [-0.25, -0.2) is 4.39 Å². The van der Waals surface area contributed by atoms with Crippen molar-refractivity contribution in [1.82, 2.24) is 0 Å². The number of nitrogens with one attached hydrogen (secondary N) is 1. The summed E-state index contributed by atoms with van der Waals surface area (Å²) in [5.41, 5.74) is 0.988. The van der Waals surface area contributed by atoms with Crippen LogP contribution < -0.4 is 10.1 Å². The lowest BCUT2D eigenvalue weighted by molar-refractivity contribution is 0.315. The summed E-state index contributed by atoms with van der Waals surface area (Å²) in [6.07, 6.45) is 0. The van der Waals surface area contributed by atoms with Gasteiger partial charge in [0.05, 0.1) is 0 Å². The van der Waals surface area contributed by atoms with Crippen LogP contribution in [0.2, 0.25) is 0 Å². The van der Waals surface area contributed by atoms with E-state index in [1.165, 1.54) is 6.07 Å². The molecule has 0 spiro atoms. The zero-order chi connectivity index (χ0) is 13.7. The minimum absolute atomic E-state index is 0.261. The van der Waals surface area contributed by atoms with Crippen LogP contribution in [0.5, 0.6) is 5.75 Å². The van der Waals surface area contributed by atoms with Crippen molar-refractivity contribution in [3.63, 3.8) is 0 Å². The molecule has 0 unspecified atom stereocenters. The van der Waals surface area contributed by atoms with Gasteiger partial charge >= 0.3 is 0 Å². The van der Waals surface area contributed by atoms with Gasteiger partial charge < -0.3 is 10.1 Å². The van der Waals surface area contributed by atoms with Gasteiger partial charge in [-0.05, 0) is 46.3 Å². The first-order chi connectivity index (χ1) is 9.16. The predicted octanol–water partition coefficient (Wildman–Crippen LogP) is 4.84. The van der Waals surface area contributed by atoms with E-state index in [2.05, 4.69) is 37.2 Å². The Morgan fingerprint density at radius 2 is 1.89 bits per heavy atom. The Morgan fingerprint density at radius 1 is 1.11 bits per heavy atom. The van der Waals surface area contributed by atoms with Gasteiger partial charge in [-0.2, -0.15) is 0 Å². The average molecular weight is 389 g/mol. The maximum Gasteiger partial charge on any atom is 0.166 e. The predicted molar refractivity (Wildman–Crippen MR) is 82.2 cm³/mol. The van der Waals surface area contributed by atoms with Crippen LogP contribution in [0, 0.1) is 5.82 Å². The molecule has 0 aliphatic carbocycles. The Kier molecular flexibility index (Phi) is 5.22. The minimum atomic E-state index is -0.365. The maximum atomic E-state index is 13.5. The van der Waals surface area contributed by atoms with E-state index >= 15 is 0 Å². The van der Waals surface area contributed by atoms with Crippen LogP contribution in [0.4, 0.5) is 10.1 Å². The molecule has 0 atom stereocenters. The lowest BCUT2D eigenvalue weighted by atomic mass is 10.3. The third kappa shape index (κ3) is 4.21. The van der Waals surface area contributed by atoms with E-state index in [0.29, 0.717) is 17.6 Å². The molecule has 1 N–H and O–H groups in total. The van der Waals surface area contributed by atoms with Crippen LogP contribution in [0.15, 0.2) is 51.4 Å². The molecule has 19 heavy (non-hydrogen) atoms. The summed E-state index contributed by atoms with van der Waals surface area (Å²) in [5.74, 6) is -0.104. The highest BCUT2D eigenvalue weighted by molar-refractivity contribution is 9.10. The van der Waals surface area contributed by atoms with Crippen LogP contribution in [0.3, 0.4) is 0 Å². The van der Waals surface area contributed by atoms with Gasteiger partial charge in [0.15, 0.2) is 11.6 Å². The topological polar surface area (TPSA) is 21.3 Å². The Morgan fingerprint density at radius 3 is 2.63 bits per heavy atom. The molecule has 0 saturated heterocycles. The smallest absolute Gasteiger partial charge is 0.166 e. The molecule has 0 heterocycles. The lowest BCUT2D eigenvalue weighted by Gasteiger charge is -2.10. The fourth-order valence-electron chi connectivity index (χ4n) is 1.54. The summed E-state index contributed by atoms with van der Waals surface area (Å²) in [6, 6.07) is 12.6. The summed E-state index contributed by atoms with van der Waals surface area (Å²) >= 11 is 6.65. The molecule has 0 bridgehead atoms. The normalized spacial score (nSPS) is 10.3. The third-order valence-corrected chi connectivity index (χ3v) is 3.63. The number of hydrogen-bond acceptors (Lipinski definition) is 2. The standard InChI is InChI=1S/C14H12Br2FNO/c15-10-5-6-14(12(17)9-10)19-8-7-18-13-4-2-1-3-11(13)16/h1-6,9,18H,7-8H2. The molecule has 5 heteroatoms. The Hall–Kier alpha value is -1.07. The van der Waals surface area contributed by atoms with Gasteiger partial charge in [-0.1, -0.05) is 28.1 Å². The molecule has 0 saturated carbocycles. The molecule has 2 aromatic rings. The second-order valence-electron chi connectivity index (χ2n) is 3.83. The van der Waals surface area contributed by atoms with E-state index in [0.717, 1.165) is 10.2 Å². The quantitative estimate of drug-likeness (QED) is 0.740. The molecular formula is C14H12Br2FNO. The molecule has 2 aromatic carbocycles. The molecule has 100 valence electrons. The first-order valence-electron chi connectivity index (χ1n) is 5.73. The van der Waals surface area contributed by atoms with E-state index in [4.69, 9.17) is 4.74 Å². The van der Waals surface area contributed by atoms with E-state index in [1.54, 1.807) is 12.1 Å². The zero-order valence-corrected chi connectivity index (χ0v) is 13.2. The van der Waals surface area contributed by atoms with Gasteiger partial charge in [0.2, 0.25) is 0 Å². The summed E-state index contributed by atoms with van der Waals surface area (Å²) in [4.78, 5) is 0. The number of benzene rings is 2. The molecule has 0 fully saturated rings. The Balaban J connectivity index is 1.83. The molecule has 0 amide bonds. The van der Waals surface area contributed by atoms with Crippen LogP contribution in [0.1, 0.15) is 0 Å². The van der Waals surface area contributed by atoms with Gasteiger partial charge in [0.1, 0.15) is 6.61 Å². The first kappa shape index (κ1) is 14.3. The van der Waals surface area contributed by atoms with E-state index in [-0.39, 0.29) is 11.6 Å². The molecule has 2 nitrogen and oxygen atoms in total. The van der Waals surface area contributed by atoms with Gasteiger partial charge in [-0.3, -0.25) is 0 Å². The lowest BCUT2D eigenvalue weighted by Crippen LogP contribution is -2.12. The fourth-order valence-corrected chi connectivity index (χ4v) is 2.30. The summed E-state index contributed by atoms with van der Waals surface area (Å²) in [7, 11) is 0. The number of halogens is 3. The van der Waals surface area contributed by atoms with Crippen molar-refractivity contribution in [1.29, 1.82) is 0 Å². The highest BCUT2D eigenvalue weighted by Gasteiger charge is 2.03. The van der Waals surface area contributed by atoms with Gasteiger partial charge in [-0.15, -0.1) is 0 Å². The molecular weight excluding hydrogens is 377 g/mol. The van der Waals surface area contributed by atoms with Crippen molar-refractivity contribution < 1.29 is 9.13 Å². The van der Waals surface area contributed by atoms with Gasteiger partial charge in [0, 0.05) is 21.2 Å². The van der Waals surface area contributed by atoms with Crippen molar-refractivity contribution in [2.75, 3.05) is 18.5 Å². The number of hydrogen-bond donors (Lipinski definition) is 1. The van der Waals surface area contributed by atoms with Gasteiger partial charge in [0.25, 0.3) is 0 Å². The molecule has 0 aliphatic heterocycles. The number of anilines is 1. The highest BCUT2D eigenvalue weighted by atomic mass is 79.9. The molecule has 0 aromatic heterocycles. The highest BCUT2D eigenvalue weighted by Crippen LogP contribution is 2.22. The number of rotatable bonds is 5. The van der Waals surface area contributed by atoms with Crippen LogP contribution >= 0.6 is 31.9 Å². The second-order valence-corrected chi connectivity index (χ2v) is 5.60. The van der Waals surface area contributed by atoms with E-state index in [1.807, 2.05) is 24.3 Å². The molecule has 2 rings (SSSR count).